The topological polar surface area (TPSA) is 229 Å². The summed E-state index contributed by atoms with van der Waals surface area (Å²) < 4.78 is 25.4. The van der Waals surface area contributed by atoms with Crippen molar-refractivity contribution in [3.63, 3.8) is 0 Å². The Bertz CT molecular complexity index is 2040. The molecule has 0 saturated carbocycles. The molecule has 0 radical (unpaired) electrons. The molecule has 0 spiro atoms. The molecule has 0 aliphatic carbocycles. The van der Waals surface area contributed by atoms with Crippen molar-refractivity contribution in [2.24, 2.45) is 0 Å². The number of benzene rings is 4. The fraction of sp³-hybridized carbons (Fsp3) is 0.211. The van der Waals surface area contributed by atoms with Crippen molar-refractivity contribution >= 4 is 35.4 Å². The third-order valence-corrected chi connectivity index (χ3v) is 7.29. The molecule has 53 heavy (non-hydrogen) atoms. The maximum atomic E-state index is 12.4. The van der Waals surface area contributed by atoms with E-state index < -0.39 is 36.1 Å². The molecule has 4 N–H and O–H groups in total. The van der Waals surface area contributed by atoms with Crippen LogP contribution in [0.25, 0.3) is 0 Å². The van der Waals surface area contributed by atoms with Crippen LogP contribution in [0.3, 0.4) is 0 Å². The minimum Gasteiger partial charge on any atom is -0.508 e. The van der Waals surface area contributed by atoms with Crippen molar-refractivity contribution in [2.45, 2.75) is 52.7 Å². The summed E-state index contributed by atoms with van der Waals surface area (Å²) in [6.07, 6.45) is -0.943. The van der Waals surface area contributed by atoms with E-state index in [1.54, 1.807) is 36.4 Å². The summed E-state index contributed by atoms with van der Waals surface area (Å²) in [6, 6.07) is 18.0. The molecule has 2 unspecified atom stereocenters. The monoisotopic (exact) mass is 730 g/mol. The van der Waals surface area contributed by atoms with Gasteiger partial charge in [0.2, 0.25) is 0 Å². The molecule has 15 heteroatoms. The molecule has 0 bridgehead atoms. The van der Waals surface area contributed by atoms with Crippen LogP contribution in [0.2, 0.25) is 0 Å². The second-order valence-electron chi connectivity index (χ2n) is 11.6. The molecule has 4 aromatic carbocycles. The largest absolute Gasteiger partial charge is 0.508 e. The van der Waals surface area contributed by atoms with Crippen LogP contribution in [0.1, 0.15) is 84.6 Å². The van der Waals surface area contributed by atoms with Crippen LogP contribution in [0.5, 0.6) is 46.0 Å². The molecule has 4 aromatic rings. The van der Waals surface area contributed by atoms with Gasteiger partial charge in [0.25, 0.3) is 0 Å². The second-order valence-corrected chi connectivity index (χ2v) is 11.6. The van der Waals surface area contributed by atoms with Crippen LogP contribution in [-0.2, 0) is 23.9 Å². The van der Waals surface area contributed by atoms with Crippen LogP contribution in [0.15, 0.2) is 72.8 Å². The molecule has 2 aliphatic heterocycles. The van der Waals surface area contributed by atoms with Crippen LogP contribution >= 0.6 is 0 Å². The first-order valence-corrected chi connectivity index (χ1v) is 15.8. The Balaban J connectivity index is 0.000000205. The highest BCUT2D eigenvalue weighted by Crippen LogP contribution is 2.43. The normalized spacial score (nSPS) is 15.2. The lowest BCUT2D eigenvalue weighted by Gasteiger charge is -2.26. The molecular weight excluding hydrogens is 696 g/mol. The summed E-state index contributed by atoms with van der Waals surface area (Å²) in [4.78, 5) is 66.2. The van der Waals surface area contributed by atoms with Gasteiger partial charge in [-0.2, -0.15) is 0 Å². The Morgan fingerprint density at radius 2 is 0.981 bits per heavy atom. The van der Waals surface area contributed by atoms with Gasteiger partial charge in [-0.25, -0.2) is 0 Å². The van der Waals surface area contributed by atoms with E-state index in [0.717, 1.165) is 11.6 Å². The van der Waals surface area contributed by atoms with Crippen LogP contribution < -0.4 is 18.9 Å². The van der Waals surface area contributed by atoms with E-state index in [-0.39, 0.29) is 75.8 Å². The minimum absolute atomic E-state index is 0.0420. The quantitative estimate of drug-likeness (QED) is 0.114. The van der Waals surface area contributed by atoms with Crippen LogP contribution in [0, 0.1) is 0 Å². The number of hydrogen-bond acceptors (Lipinski definition) is 15. The van der Waals surface area contributed by atoms with Gasteiger partial charge in [-0.3, -0.25) is 28.8 Å². The minimum atomic E-state index is -0.576. The molecule has 0 aromatic heterocycles. The lowest BCUT2D eigenvalue weighted by molar-refractivity contribution is -0.156. The zero-order chi connectivity index (χ0) is 39.0. The maximum Gasteiger partial charge on any atom is 0.310 e. The molecule has 0 amide bonds. The molecule has 0 saturated heterocycles. The number of rotatable bonds is 4. The third-order valence-electron chi connectivity index (χ3n) is 7.29. The van der Waals surface area contributed by atoms with E-state index in [4.69, 9.17) is 18.9 Å². The van der Waals surface area contributed by atoms with Gasteiger partial charge in [0.15, 0.2) is 11.6 Å². The van der Waals surface area contributed by atoms with Gasteiger partial charge >= 0.3 is 23.9 Å². The van der Waals surface area contributed by atoms with E-state index in [2.05, 4.69) is 4.74 Å². The van der Waals surface area contributed by atoms with E-state index in [0.29, 0.717) is 11.3 Å². The SMILES string of the molecule is CC(=O)OC(C)=O.CC(=O)Oc1ccc(C2CC(=O)c3c(O)cc(OC(C)=O)cc3O2)cc1.O=C1CC(c2ccc(O)cc2)Oc2cc(O)cc(O)c21. The van der Waals surface area contributed by atoms with Gasteiger partial charge in [0.1, 0.15) is 69.3 Å². The van der Waals surface area contributed by atoms with Crippen molar-refractivity contribution in [1.82, 2.24) is 0 Å². The fourth-order valence-corrected chi connectivity index (χ4v) is 5.24. The number of phenolic OH excluding ortho intramolecular Hbond substituents is 4. The van der Waals surface area contributed by atoms with Crippen molar-refractivity contribution in [1.29, 1.82) is 0 Å². The summed E-state index contributed by atoms with van der Waals surface area (Å²) in [5, 5.41) is 38.5. The summed E-state index contributed by atoms with van der Waals surface area (Å²) >= 11 is 0. The van der Waals surface area contributed by atoms with E-state index in [9.17, 15) is 49.2 Å². The van der Waals surface area contributed by atoms with Gasteiger partial charge in [0, 0.05) is 52.0 Å². The van der Waals surface area contributed by atoms with E-state index >= 15 is 0 Å². The fourth-order valence-electron chi connectivity index (χ4n) is 5.24. The number of aromatic hydroxyl groups is 4. The Morgan fingerprint density at radius 3 is 1.43 bits per heavy atom. The van der Waals surface area contributed by atoms with Crippen molar-refractivity contribution in [2.75, 3.05) is 0 Å². The second kappa shape index (κ2) is 16.9. The first-order chi connectivity index (χ1) is 25.0. The van der Waals surface area contributed by atoms with Gasteiger partial charge in [0.05, 0.1) is 12.8 Å². The zero-order valence-electron chi connectivity index (χ0n) is 28.8. The molecule has 276 valence electrons. The van der Waals surface area contributed by atoms with E-state index in [1.807, 2.05) is 0 Å². The average molecular weight is 731 g/mol. The zero-order valence-corrected chi connectivity index (χ0v) is 28.8. The Hall–Kier alpha value is -6.90. The van der Waals surface area contributed by atoms with Crippen molar-refractivity contribution in [3.8, 4) is 46.0 Å². The number of ether oxygens (including phenoxy) is 5. The first kappa shape index (κ1) is 38.9. The van der Waals surface area contributed by atoms with Crippen LogP contribution in [-0.4, -0.2) is 55.9 Å². The van der Waals surface area contributed by atoms with Crippen molar-refractivity contribution < 1.29 is 72.9 Å². The first-order valence-electron chi connectivity index (χ1n) is 15.8. The number of hydrogen-bond donors (Lipinski definition) is 4. The molecule has 2 heterocycles. The molecule has 15 nitrogen and oxygen atoms in total. The lowest BCUT2D eigenvalue weighted by atomic mass is 9.95. The summed E-state index contributed by atoms with van der Waals surface area (Å²) in [7, 11) is 0. The summed E-state index contributed by atoms with van der Waals surface area (Å²) in [5.74, 6) is -2.47. The number of Topliss-reactive ketones (excluding diaryl/α,β-unsaturated/α-hetero) is 2. The molecule has 2 aliphatic rings. The van der Waals surface area contributed by atoms with Gasteiger partial charge < -0.3 is 44.1 Å². The van der Waals surface area contributed by atoms with E-state index in [1.165, 1.54) is 58.0 Å². The third kappa shape index (κ3) is 10.6. The Labute approximate surface area is 301 Å². The number of fused-ring (bicyclic) bond motifs is 2. The predicted molar refractivity (Wildman–Crippen MR) is 182 cm³/mol. The van der Waals surface area contributed by atoms with Gasteiger partial charge in [-0.05, 0) is 35.4 Å². The van der Waals surface area contributed by atoms with Crippen LogP contribution in [0.4, 0.5) is 0 Å². The standard InChI is InChI=1S/C19H16O7.C15H12O5.C4H6O3/c1-10(20)24-13-5-3-12(4-6-13)17-9-16(23)19-15(22)7-14(25-11(2)21)8-18(19)26-17;16-9-3-1-8(2-4-9)13-7-12(19)15-11(18)5-10(17)6-14(15)20-13;1-3(5)7-4(2)6/h3-8,17,22H,9H2,1-2H3;1-6,13,16-18H,7H2;1-2H3. The average Bonchev–Trinajstić information content (AvgIpc) is 3.04. The smallest absolute Gasteiger partial charge is 0.310 e. The lowest BCUT2D eigenvalue weighted by Crippen LogP contribution is -2.20. The summed E-state index contributed by atoms with van der Waals surface area (Å²) in [6.45, 7) is 4.90. The highest BCUT2D eigenvalue weighted by molar-refractivity contribution is 6.03. The Kier molecular flexibility index (Phi) is 12.4. The maximum absolute atomic E-state index is 12.4. The van der Waals surface area contributed by atoms with Crippen molar-refractivity contribution in [3.05, 3.63) is 95.1 Å². The number of phenols is 4. The molecular formula is C38H34O15. The Morgan fingerprint density at radius 1 is 0.547 bits per heavy atom. The molecule has 6 rings (SSSR count). The molecule has 0 fully saturated rings. The number of esters is 4. The summed E-state index contributed by atoms with van der Waals surface area (Å²) in [5.41, 5.74) is 1.61. The highest BCUT2D eigenvalue weighted by atomic mass is 16.6. The number of ketones is 2. The highest BCUT2D eigenvalue weighted by Gasteiger charge is 2.32. The number of carbonyl (C=O) groups excluding carboxylic acids is 6. The van der Waals surface area contributed by atoms with Gasteiger partial charge in [-0.15, -0.1) is 0 Å². The van der Waals surface area contributed by atoms with Gasteiger partial charge in [-0.1, -0.05) is 24.3 Å². The number of carbonyl (C=O) groups is 6. The molecule has 2 atom stereocenters. The predicted octanol–water partition coefficient (Wildman–Crippen LogP) is 5.56.